The molecular weight excluding hydrogens is 366 g/mol. The Bertz CT molecular complexity index is 730. The minimum Gasteiger partial charge on any atom is -0.340 e. The molecule has 0 saturated carbocycles. The molecule has 1 aliphatic rings. The zero-order valence-corrected chi connectivity index (χ0v) is 15.6. The second-order valence-corrected chi connectivity index (χ2v) is 7.37. The molecule has 0 radical (unpaired) electrons. The maximum absolute atomic E-state index is 12.6. The Labute approximate surface area is 151 Å². The van der Waals surface area contributed by atoms with E-state index in [1.165, 1.54) is 6.42 Å². The van der Waals surface area contributed by atoms with Gasteiger partial charge in [-0.1, -0.05) is 22.9 Å². The van der Waals surface area contributed by atoms with Crippen molar-refractivity contribution < 1.29 is 4.79 Å². The number of nitrogens with one attached hydrogen (secondary N) is 1. The molecule has 1 fully saturated rings. The summed E-state index contributed by atoms with van der Waals surface area (Å²) in [7, 11) is 0. The zero-order chi connectivity index (χ0) is 17.1. The number of anilines is 2. The van der Waals surface area contributed by atoms with Crippen molar-refractivity contribution in [1.82, 2.24) is 9.88 Å². The SMILES string of the molecule is Cc1cc(Nc2ccc(C(=O)N3CCCC(C)C3)cn2)ccc1Br. The lowest BCUT2D eigenvalue weighted by molar-refractivity contribution is 0.0682. The van der Waals surface area contributed by atoms with E-state index in [2.05, 4.69) is 39.2 Å². The highest BCUT2D eigenvalue weighted by atomic mass is 79.9. The zero-order valence-electron chi connectivity index (χ0n) is 14.1. The van der Waals surface area contributed by atoms with Gasteiger partial charge in [0.1, 0.15) is 5.82 Å². The molecule has 126 valence electrons. The monoisotopic (exact) mass is 387 g/mol. The summed E-state index contributed by atoms with van der Waals surface area (Å²) in [5.41, 5.74) is 2.79. The van der Waals surface area contributed by atoms with Crippen LogP contribution in [-0.2, 0) is 0 Å². The van der Waals surface area contributed by atoms with Crippen molar-refractivity contribution in [3.63, 3.8) is 0 Å². The number of likely N-dealkylation sites (tertiary alicyclic amines) is 1. The molecule has 2 heterocycles. The number of aromatic nitrogens is 1. The highest BCUT2D eigenvalue weighted by Crippen LogP contribution is 2.23. The number of aryl methyl sites for hydroxylation is 1. The first-order valence-corrected chi connectivity index (χ1v) is 9.11. The Hall–Kier alpha value is -1.88. The van der Waals surface area contributed by atoms with Crippen LogP contribution in [0.15, 0.2) is 41.0 Å². The highest BCUT2D eigenvalue weighted by molar-refractivity contribution is 9.10. The number of carbonyl (C=O) groups excluding carboxylic acids is 1. The van der Waals surface area contributed by atoms with Gasteiger partial charge in [-0.3, -0.25) is 4.79 Å². The van der Waals surface area contributed by atoms with Gasteiger partial charge in [-0.2, -0.15) is 0 Å². The van der Waals surface area contributed by atoms with E-state index < -0.39 is 0 Å². The number of pyridine rings is 1. The summed E-state index contributed by atoms with van der Waals surface area (Å²) in [5, 5.41) is 3.27. The summed E-state index contributed by atoms with van der Waals surface area (Å²) >= 11 is 3.50. The number of halogens is 1. The summed E-state index contributed by atoms with van der Waals surface area (Å²) in [6, 6.07) is 9.76. The van der Waals surface area contributed by atoms with Crippen LogP contribution in [0.2, 0.25) is 0 Å². The Morgan fingerprint density at radius 3 is 2.83 bits per heavy atom. The van der Waals surface area contributed by atoms with Crippen molar-refractivity contribution in [2.75, 3.05) is 18.4 Å². The summed E-state index contributed by atoms with van der Waals surface area (Å²) in [6.07, 6.45) is 3.95. The third-order valence-corrected chi connectivity index (χ3v) is 5.27. The van der Waals surface area contributed by atoms with E-state index in [0.29, 0.717) is 11.5 Å². The van der Waals surface area contributed by atoms with E-state index in [0.717, 1.165) is 41.1 Å². The molecule has 1 amide bonds. The fraction of sp³-hybridized carbons (Fsp3) is 0.368. The predicted octanol–water partition coefficient (Wildman–Crippen LogP) is 4.77. The first kappa shape index (κ1) is 17.0. The van der Waals surface area contributed by atoms with Gasteiger partial charge in [-0.05, 0) is 61.6 Å². The number of hydrogen-bond acceptors (Lipinski definition) is 3. The number of nitrogens with zero attached hydrogens (tertiary/aromatic N) is 2. The molecule has 4 nitrogen and oxygen atoms in total. The van der Waals surface area contributed by atoms with Crippen molar-refractivity contribution in [3.8, 4) is 0 Å². The predicted molar refractivity (Wildman–Crippen MR) is 101 cm³/mol. The molecule has 0 bridgehead atoms. The van der Waals surface area contributed by atoms with Crippen molar-refractivity contribution in [2.24, 2.45) is 5.92 Å². The summed E-state index contributed by atoms with van der Waals surface area (Å²) in [6.45, 7) is 5.94. The Morgan fingerprint density at radius 1 is 1.33 bits per heavy atom. The van der Waals surface area contributed by atoms with Crippen molar-refractivity contribution >= 4 is 33.3 Å². The maximum Gasteiger partial charge on any atom is 0.255 e. The summed E-state index contributed by atoms with van der Waals surface area (Å²) < 4.78 is 1.08. The van der Waals surface area contributed by atoms with Crippen LogP contribution in [0.5, 0.6) is 0 Å². The number of amides is 1. The molecule has 1 atom stereocenters. The van der Waals surface area contributed by atoms with Gasteiger partial charge in [0.05, 0.1) is 5.56 Å². The van der Waals surface area contributed by atoms with Crippen LogP contribution in [0.3, 0.4) is 0 Å². The second kappa shape index (κ2) is 7.34. The van der Waals surface area contributed by atoms with Gasteiger partial charge in [0.2, 0.25) is 0 Å². The van der Waals surface area contributed by atoms with Crippen LogP contribution in [0.25, 0.3) is 0 Å². The molecule has 1 N–H and O–H groups in total. The van der Waals surface area contributed by atoms with Gasteiger partial charge in [-0.25, -0.2) is 4.98 Å². The van der Waals surface area contributed by atoms with E-state index in [4.69, 9.17) is 0 Å². The third-order valence-electron chi connectivity index (χ3n) is 4.39. The van der Waals surface area contributed by atoms with Crippen LogP contribution in [-0.4, -0.2) is 28.9 Å². The number of rotatable bonds is 3. The molecule has 1 aliphatic heterocycles. The van der Waals surface area contributed by atoms with E-state index in [9.17, 15) is 4.79 Å². The van der Waals surface area contributed by atoms with Crippen molar-refractivity contribution in [1.29, 1.82) is 0 Å². The van der Waals surface area contributed by atoms with Crippen molar-refractivity contribution in [3.05, 3.63) is 52.1 Å². The van der Waals surface area contributed by atoms with E-state index >= 15 is 0 Å². The van der Waals surface area contributed by atoms with Crippen LogP contribution in [0.4, 0.5) is 11.5 Å². The minimum atomic E-state index is 0.0834. The lowest BCUT2D eigenvalue weighted by atomic mass is 10.00. The largest absolute Gasteiger partial charge is 0.340 e. The molecule has 2 aromatic rings. The highest BCUT2D eigenvalue weighted by Gasteiger charge is 2.22. The van der Waals surface area contributed by atoms with Crippen LogP contribution in [0.1, 0.15) is 35.7 Å². The van der Waals surface area contributed by atoms with E-state index in [1.54, 1.807) is 6.20 Å². The van der Waals surface area contributed by atoms with Crippen LogP contribution < -0.4 is 5.32 Å². The average Bonchev–Trinajstić information content (AvgIpc) is 2.58. The minimum absolute atomic E-state index is 0.0834. The van der Waals surface area contributed by atoms with Gasteiger partial charge in [0.25, 0.3) is 5.91 Å². The van der Waals surface area contributed by atoms with Crippen LogP contribution in [0, 0.1) is 12.8 Å². The number of carbonyl (C=O) groups is 1. The van der Waals surface area contributed by atoms with Gasteiger partial charge in [0.15, 0.2) is 0 Å². The normalized spacial score (nSPS) is 17.6. The second-order valence-electron chi connectivity index (χ2n) is 6.52. The smallest absolute Gasteiger partial charge is 0.255 e. The molecule has 5 heteroatoms. The summed E-state index contributed by atoms with van der Waals surface area (Å²) in [5.74, 6) is 1.40. The van der Waals surface area contributed by atoms with E-state index in [-0.39, 0.29) is 5.91 Å². The molecule has 1 aromatic heterocycles. The standard InChI is InChI=1S/C19H22BrN3O/c1-13-4-3-9-23(12-13)19(24)15-5-8-18(21-11-15)22-16-6-7-17(20)14(2)10-16/h5-8,10-11,13H,3-4,9,12H2,1-2H3,(H,21,22). The quantitative estimate of drug-likeness (QED) is 0.824. The topological polar surface area (TPSA) is 45.2 Å². The Balaban J connectivity index is 1.68. The lowest BCUT2D eigenvalue weighted by Crippen LogP contribution is -2.39. The third kappa shape index (κ3) is 3.96. The molecule has 0 spiro atoms. The van der Waals surface area contributed by atoms with Crippen molar-refractivity contribution in [2.45, 2.75) is 26.7 Å². The fourth-order valence-corrected chi connectivity index (χ4v) is 3.27. The summed E-state index contributed by atoms with van der Waals surface area (Å²) in [4.78, 5) is 18.9. The fourth-order valence-electron chi connectivity index (χ4n) is 3.02. The van der Waals surface area contributed by atoms with Crippen LogP contribution >= 0.6 is 15.9 Å². The molecular formula is C19H22BrN3O. The van der Waals surface area contributed by atoms with Gasteiger partial charge < -0.3 is 10.2 Å². The van der Waals surface area contributed by atoms with Gasteiger partial charge in [-0.15, -0.1) is 0 Å². The molecule has 1 unspecified atom stereocenters. The lowest BCUT2D eigenvalue weighted by Gasteiger charge is -2.30. The molecule has 3 rings (SSSR count). The van der Waals surface area contributed by atoms with E-state index in [1.807, 2.05) is 36.1 Å². The first-order chi connectivity index (χ1) is 11.5. The number of benzene rings is 1. The molecule has 1 saturated heterocycles. The maximum atomic E-state index is 12.6. The molecule has 0 aliphatic carbocycles. The number of hydrogen-bond donors (Lipinski definition) is 1. The molecule has 1 aromatic carbocycles. The Kier molecular flexibility index (Phi) is 5.19. The number of piperidine rings is 1. The first-order valence-electron chi connectivity index (χ1n) is 8.31. The molecule has 24 heavy (non-hydrogen) atoms. The van der Waals surface area contributed by atoms with Gasteiger partial charge >= 0.3 is 0 Å². The average molecular weight is 388 g/mol. The van der Waals surface area contributed by atoms with Gasteiger partial charge in [0, 0.05) is 29.4 Å². The Morgan fingerprint density at radius 2 is 2.17 bits per heavy atom.